The predicted molar refractivity (Wildman–Crippen MR) is 48.9 cm³/mol. The molecule has 2 heteroatoms. The van der Waals surface area contributed by atoms with E-state index in [4.69, 9.17) is 5.11 Å². The van der Waals surface area contributed by atoms with Gasteiger partial charge >= 0.3 is 0 Å². The first-order valence-corrected chi connectivity index (χ1v) is 5.26. The normalized spacial score (nSPS) is 37.8. The molecule has 0 aromatic heterocycles. The average Bonchev–Trinajstić information content (AvgIpc) is 2.74. The van der Waals surface area contributed by atoms with E-state index in [1.54, 1.807) is 0 Å². The number of aliphatic hydroxyl groups excluding tert-OH is 1. The van der Waals surface area contributed by atoms with E-state index in [1.165, 1.54) is 32.1 Å². The van der Waals surface area contributed by atoms with Gasteiger partial charge < -0.3 is 10.4 Å². The molecule has 0 amide bonds. The minimum absolute atomic E-state index is 0.383. The molecule has 0 aromatic carbocycles. The summed E-state index contributed by atoms with van der Waals surface area (Å²) in [5.41, 5.74) is 0. The minimum Gasteiger partial charge on any atom is -0.396 e. The lowest BCUT2D eigenvalue weighted by Crippen LogP contribution is -2.35. The highest BCUT2D eigenvalue weighted by molar-refractivity contribution is 4.90. The van der Waals surface area contributed by atoms with Crippen LogP contribution in [0.2, 0.25) is 0 Å². The maximum Gasteiger partial charge on any atom is 0.0474 e. The van der Waals surface area contributed by atoms with E-state index in [0.717, 1.165) is 12.5 Å². The molecule has 0 aromatic rings. The van der Waals surface area contributed by atoms with Crippen molar-refractivity contribution in [2.24, 2.45) is 11.8 Å². The molecule has 0 unspecified atom stereocenters. The van der Waals surface area contributed by atoms with Gasteiger partial charge in [-0.1, -0.05) is 12.8 Å². The molecule has 2 N–H and O–H groups in total. The quantitative estimate of drug-likeness (QED) is 0.650. The van der Waals surface area contributed by atoms with E-state index in [9.17, 15) is 0 Å². The molecule has 12 heavy (non-hydrogen) atoms. The zero-order valence-electron chi connectivity index (χ0n) is 7.63. The highest BCUT2D eigenvalue weighted by Gasteiger charge is 2.33. The fraction of sp³-hybridized carbons (Fsp3) is 1.00. The Hall–Kier alpha value is -0.0800. The van der Waals surface area contributed by atoms with Crippen molar-refractivity contribution in [3.8, 4) is 0 Å². The van der Waals surface area contributed by atoms with E-state index in [1.807, 2.05) is 0 Å². The van der Waals surface area contributed by atoms with Gasteiger partial charge in [-0.15, -0.1) is 0 Å². The van der Waals surface area contributed by atoms with E-state index >= 15 is 0 Å². The number of rotatable bonds is 2. The van der Waals surface area contributed by atoms with Gasteiger partial charge in [-0.05, 0) is 37.6 Å². The summed E-state index contributed by atoms with van der Waals surface area (Å²) in [5, 5.41) is 12.7. The van der Waals surface area contributed by atoms with Crippen molar-refractivity contribution >= 4 is 0 Å². The molecule has 70 valence electrons. The third-order valence-corrected chi connectivity index (χ3v) is 3.55. The van der Waals surface area contributed by atoms with Gasteiger partial charge in [-0.3, -0.25) is 0 Å². The highest BCUT2D eigenvalue weighted by Crippen LogP contribution is 2.33. The number of hydrogen-bond donors (Lipinski definition) is 2. The third kappa shape index (κ3) is 1.50. The van der Waals surface area contributed by atoms with Crippen LogP contribution in [-0.2, 0) is 0 Å². The summed E-state index contributed by atoms with van der Waals surface area (Å²) >= 11 is 0. The van der Waals surface area contributed by atoms with Crippen molar-refractivity contribution < 1.29 is 5.11 Å². The van der Waals surface area contributed by atoms with Crippen LogP contribution in [0.25, 0.3) is 0 Å². The van der Waals surface area contributed by atoms with Crippen molar-refractivity contribution in [1.29, 1.82) is 0 Å². The Morgan fingerprint density at radius 2 is 1.92 bits per heavy atom. The lowest BCUT2D eigenvalue weighted by Gasteiger charge is -2.23. The van der Waals surface area contributed by atoms with E-state index in [0.29, 0.717) is 18.6 Å². The fourth-order valence-electron chi connectivity index (χ4n) is 2.85. The van der Waals surface area contributed by atoms with Gasteiger partial charge in [-0.25, -0.2) is 0 Å². The molecule has 2 rings (SSSR count). The standard InChI is InChI=1S/C10H19NO/c12-7-9-5-6-11-10(9)8-3-1-2-4-8/h8-12H,1-7H2/t9-,10-/m1/s1. The molecule has 0 radical (unpaired) electrons. The van der Waals surface area contributed by atoms with Crippen LogP contribution in [0.1, 0.15) is 32.1 Å². The molecule has 2 aliphatic rings. The average molecular weight is 169 g/mol. The summed E-state index contributed by atoms with van der Waals surface area (Å²) in [6.45, 7) is 1.50. The molecule has 1 saturated carbocycles. The van der Waals surface area contributed by atoms with Gasteiger partial charge in [0.1, 0.15) is 0 Å². The smallest absolute Gasteiger partial charge is 0.0474 e. The van der Waals surface area contributed by atoms with Gasteiger partial charge in [0, 0.05) is 12.6 Å². The summed E-state index contributed by atoms with van der Waals surface area (Å²) in [7, 11) is 0. The maximum absolute atomic E-state index is 9.16. The largest absolute Gasteiger partial charge is 0.396 e. The van der Waals surface area contributed by atoms with Gasteiger partial charge in [0.05, 0.1) is 0 Å². The third-order valence-electron chi connectivity index (χ3n) is 3.55. The second kappa shape index (κ2) is 3.75. The second-order valence-electron chi connectivity index (χ2n) is 4.26. The summed E-state index contributed by atoms with van der Waals surface area (Å²) in [6.07, 6.45) is 6.75. The Bertz CT molecular complexity index is 143. The Morgan fingerprint density at radius 3 is 2.58 bits per heavy atom. The molecule has 1 aliphatic carbocycles. The van der Waals surface area contributed by atoms with E-state index < -0.39 is 0 Å². The van der Waals surface area contributed by atoms with E-state index in [-0.39, 0.29) is 0 Å². The summed E-state index contributed by atoms with van der Waals surface area (Å²) in [5.74, 6) is 1.41. The molecular weight excluding hydrogens is 150 g/mol. The molecular formula is C10H19NO. The summed E-state index contributed by atoms with van der Waals surface area (Å²) < 4.78 is 0. The zero-order valence-corrected chi connectivity index (χ0v) is 7.63. The first kappa shape index (κ1) is 8.52. The lowest BCUT2D eigenvalue weighted by atomic mass is 9.89. The Kier molecular flexibility index (Phi) is 2.66. The lowest BCUT2D eigenvalue weighted by molar-refractivity contribution is 0.189. The van der Waals surface area contributed by atoms with Crippen molar-refractivity contribution in [3.05, 3.63) is 0 Å². The van der Waals surface area contributed by atoms with Crippen molar-refractivity contribution in [1.82, 2.24) is 5.32 Å². The van der Waals surface area contributed by atoms with Crippen molar-refractivity contribution in [2.45, 2.75) is 38.1 Å². The molecule has 2 nitrogen and oxygen atoms in total. The van der Waals surface area contributed by atoms with Crippen LogP contribution in [-0.4, -0.2) is 24.3 Å². The molecule has 0 spiro atoms. The molecule has 2 fully saturated rings. The van der Waals surface area contributed by atoms with Crippen LogP contribution in [0.3, 0.4) is 0 Å². The van der Waals surface area contributed by atoms with Crippen molar-refractivity contribution in [3.63, 3.8) is 0 Å². The van der Waals surface area contributed by atoms with Crippen LogP contribution < -0.4 is 5.32 Å². The summed E-state index contributed by atoms with van der Waals surface area (Å²) in [4.78, 5) is 0. The molecule has 1 heterocycles. The Morgan fingerprint density at radius 1 is 1.17 bits per heavy atom. The highest BCUT2D eigenvalue weighted by atomic mass is 16.3. The Balaban J connectivity index is 1.92. The van der Waals surface area contributed by atoms with Crippen LogP contribution in [0.5, 0.6) is 0 Å². The molecule has 1 aliphatic heterocycles. The predicted octanol–water partition coefficient (Wildman–Crippen LogP) is 1.15. The van der Waals surface area contributed by atoms with Gasteiger partial charge in [0.2, 0.25) is 0 Å². The summed E-state index contributed by atoms with van der Waals surface area (Å²) in [6, 6.07) is 0.637. The maximum atomic E-state index is 9.16. The van der Waals surface area contributed by atoms with Gasteiger partial charge in [0.25, 0.3) is 0 Å². The minimum atomic E-state index is 0.383. The molecule has 0 bridgehead atoms. The number of nitrogens with one attached hydrogen (secondary N) is 1. The van der Waals surface area contributed by atoms with Crippen LogP contribution in [0.4, 0.5) is 0 Å². The SMILES string of the molecule is OC[C@H]1CCN[C@@H]1C1CCCC1. The van der Waals surface area contributed by atoms with Crippen LogP contribution in [0, 0.1) is 11.8 Å². The number of hydrogen-bond acceptors (Lipinski definition) is 2. The van der Waals surface area contributed by atoms with Gasteiger partial charge in [0.15, 0.2) is 0 Å². The second-order valence-corrected chi connectivity index (χ2v) is 4.26. The van der Waals surface area contributed by atoms with Crippen LogP contribution >= 0.6 is 0 Å². The van der Waals surface area contributed by atoms with Crippen molar-refractivity contribution in [2.75, 3.05) is 13.2 Å². The zero-order chi connectivity index (χ0) is 8.39. The van der Waals surface area contributed by atoms with E-state index in [2.05, 4.69) is 5.32 Å². The van der Waals surface area contributed by atoms with Gasteiger partial charge in [-0.2, -0.15) is 0 Å². The molecule has 2 atom stereocenters. The van der Waals surface area contributed by atoms with Crippen LogP contribution in [0.15, 0.2) is 0 Å². The number of aliphatic hydroxyl groups is 1. The topological polar surface area (TPSA) is 32.3 Å². The first-order chi connectivity index (χ1) is 5.92. The molecule has 1 saturated heterocycles. The fourth-order valence-corrected chi connectivity index (χ4v) is 2.85. The monoisotopic (exact) mass is 169 g/mol. The Labute approximate surface area is 74.4 Å². The first-order valence-electron chi connectivity index (χ1n) is 5.26.